The molecule has 218 valence electrons. The Bertz CT molecular complexity index is 1390. The topological polar surface area (TPSA) is 114 Å². The van der Waals surface area contributed by atoms with Crippen LogP contribution in [0.2, 0.25) is 0 Å². The zero-order valence-electron chi connectivity index (χ0n) is 23.2. The van der Waals surface area contributed by atoms with Crippen LogP contribution in [0.1, 0.15) is 18.1 Å². The molecule has 3 aromatic rings. The van der Waals surface area contributed by atoms with E-state index in [4.69, 9.17) is 14.2 Å². The monoisotopic (exact) mass is 581 g/mol. The molecule has 4 rings (SSSR count). The third kappa shape index (κ3) is 8.06. The van der Waals surface area contributed by atoms with E-state index in [0.29, 0.717) is 38.6 Å². The third-order valence-electron chi connectivity index (χ3n) is 6.78. The number of morpholine rings is 1. The van der Waals surface area contributed by atoms with Crippen LogP contribution < -0.4 is 14.8 Å². The third-order valence-corrected chi connectivity index (χ3v) is 8.70. The van der Waals surface area contributed by atoms with E-state index >= 15 is 0 Å². The minimum absolute atomic E-state index is 0.144. The van der Waals surface area contributed by atoms with Crippen molar-refractivity contribution in [1.82, 2.24) is 14.5 Å². The number of carbonyl (C=O) groups is 2. The zero-order chi connectivity index (χ0) is 29.2. The van der Waals surface area contributed by atoms with Gasteiger partial charge in [0.15, 0.2) is 6.61 Å². The average Bonchev–Trinajstić information content (AvgIpc) is 3.02. The minimum atomic E-state index is -3.64. The first kappa shape index (κ1) is 30.0. The predicted molar refractivity (Wildman–Crippen MR) is 153 cm³/mol. The molecule has 1 unspecified atom stereocenters. The molecule has 1 aliphatic heterocycles. The van der Waals surface area contributed by atoms with Crippen LogP contribution in [0.5, 0.6) is 11.5 Å². The molecule has 0 radical (unpaired) electrons. The summed E-state index contributed by atoms with van der Waals surface area (Å²) < 4.78 is 43.2. The first-order valence-electron chi connectivity index (χ1n) is 13.3. The highest BCUT2D eigenvalue weighted by Crippen LogP contribution is 2.21. The van der Waals surface area contributed by atoms with Crippen molar-refractivity contribution in [2.45, 2.75) is 31.0 Å². The molecule has 1 fully saturated rings. The van der Waals surface area contributed by atoms with Gasteiger partial charge in [-0.15, -0.1) is 0 Å². The van der Waals surface area contributed by atoms with Crippen molar-refractivity contribution in [2.75, 3.05) is 40.0 Å². The number of ether oxygens (including phenoxy) is 3. The number of hydrogen-bond donors (Lipinski definition) is 1. The van der Waals surface area contributed by atoms with Gasteiger partial charge in [-0.1, -0.05) is 42.5 Å². The van der Waals surface area contributed by atoms with Crippen LogP contribution in [0.3, 0.4) is 0 Å². The number of sulfonamides is 1. The van der Waals surface area contributed by atoms with Gasteiger partial charge in [0.1, 0.15) is 17.5 Å². The molecule has 3 aromatic carbocycles. The number of benzene rings is 3. The SMILES string of the molecule is COc1ccc(CNC(=O)C(C)N(Cc2ccccc2)C(=O)COc2ccc(S(=O)(=O)N3CCOCC3)cc2)cc1. The molecule has 11 heteroatoms. The largest absolute Gasteiger partial charge is 0.497 e. The summed E-state index contributed by atoms with van der Waals surface area (Å²) in [5, 5.41) is 2.90. The molecule has 1 N–H and O–H groups in total. The summed E-state index contributed by atoms with van der Waals surface area (Å²) in [6.45, 7) is 3.21. The van der Waals surface area contributed by atoms with E-state index in [1.165, 1.54) is 33.5 Å². The molecule has 41 heavy (non-hydrogen) atoms. The van der Waals surface area contributed by atoms with Crippen LogP contribution >= 0.6 is 0 Å². The molecule has 1 atom stereocenters. The second-order valence-corrected chi connectivity index (χ2v) is 11.5. The maximum atomic E-state index is 13.3. The van der Waals surface area contributed by atoms with Gasteiger partial charge in [-0.2, -0.15) is 4.31 Å². The Balaban J connectivity index is 1.39. The van der Waals surface area contributed by atoms with Crippen molar-refractivity contribution in [3.8, 4) is 11.5 Å². The maximum Gasteiger partial charge on any atom is 0.261 e. The zero-order valence-corrected chi connectivity index (χ0v) is 24.0. The number of amides is 2. The van der Waals surface area contributed by atoms with Gasteiger partial charge in [0.2, 0.25) is 15.9 Å². The number of rotatable bonds is 12. The predicted octanol–water partition coefficient (Wildman–Crippen LogP) is 2.83. The van der Waals surface area contributed by atoms with E-state index in [2.05, 4.69) is 5.32 Å². The fourth-order valence-electron chi connectivity index (χ4n) is 4.31. The lowest BCUT2D eigenvalue weighted by atomic mass is 10.1. The van der Waals surface area contributed by atoms with Gasteiger partial charge in [0, 0.05) is 26.2 Å². The number of nitrogens with zero attached hydrogens (tertiary/aromatic N) is 2. The highest BCUT2D eigenvalue weighted by molar-refractivity contribution is 7.89. The second kappa shape index (κ2) is 14.1. The van der Waals surface area contributed by atoms with Crippen molar-refractivity contribution in [3.63, 3.8) is 0 Å². The summed E-state index contributed by atoms with van der Waals surface area (Å²) >= 11 is 0. The highest BCUT2D eigenvalue weighted by atomic mass is 32.2. The van der Waals surface area contributed by atoms with Crippen molar-refractivity contribution in [2.24, 2.45) is 0 Å². The molecule has 0 bridgehead atoms. The fourth-order valence-corrected chi connectivity index (χ4v) is 5.72. The normalized spacial score (nSPS) is 14.6. The summed E-state index contributed by atoms with van der Waals surface area (Å²) in [5.74, 6) is 0.380. The van der Waals surface area contributed by atoms with E-state index in [1.54, 1.807) is 14.0 Å². The maximum absolute atomic E-state index is 13.3. The molecular formula is C30H35N3O7S. The lowest BCUT2D eigenvalue weighted by Crippen LogP contribution is -2.48. The van der Waals surface area contributed by atoms with Crippen molar-refractivity contribution in [1.29, 1.82) is 0 Å². The van der Waals surface area contributed by atoms with Gasteiger partial charge in [-0.3, -0.25) is 9.59 Å². The molecule has 10 nitrogen and oxygen atoms in total. The van der Waals surface area contributed by atoms with Crippen LogP contribution in [0.4, 0.5) is 0 Å². The van der Waals surface area contributed by atoms with E-state index in [0.717, 1.165) is 16.9 Å². The Kier molecular flexibility index (Phi) is 10.3. The minimum Gasteiger partial charge on any atom is -0.497 e. The van der Waals surface area contributed by atoms with Crippen LogP contribution in [-0.4, -0.2) is 75.5 Å². The molecule has 2 amide bonds. The summed E-state index contributed by atoms with van der Waals surface area (Å²) in [6.07, 6.45) is 0. The average molecular weight is 582 g/mol. The van der Waals surface area contributed by atoms with E-state index in [-0.39, 0.29) is 29.9 Å². The quantitative estimate of drug-likeness (QED) is 0.350. The smallest absolute Gasteiger partial charge is 0.261 e. The standard InChI is InChI=1S/C30H35N3O7S/c1-23(30(35)31-20-24-8-10-26(38-2)11-9-24)33(21-25-6-4-3-5-7-25)29(34)22-40-27-12-14-28(15-13-27)41(36,37)32-16-18-39-19-17-32/h3-15,23H,16-22H2,1-2H3,(H,31,35). The summed E-state index contributed by atoms with van der Waals surface area (Å²) in [5.41, 5.74) is 1.77. The van der Waals surface area contributed by atoms with E-state index in [9.17, 15) is 18.0 Å². The highest BCUT2D eigenvalue weighted by Gasteiger charge is 2.28. The van der Waals surface area contributed by atoms with Gasteiger partial charge in [-0.05, 0) is 54.4 Å². The lowest BCUT2D eigenvalue weighted by molar-refractivity contribution is -0.142. The Morgan fingerprint density at radius 1 is 0.927 bits per heavy atom. The summed E-state index contributed by atoms with van der Waals surface area (Å²) in [6, 6.07) is 21.9. The van der Waals surface area contributed by atoms with Crippen LogP contribution in [-0.2, 0) is 37.4 Å². The second-order valence-electron chi connectivity index (χ2n) is 9.53. The van der Waals surface area contributed by atoms with Crippen LogP contribution in [0.25, 0.3) is 0 Å². The van der Waals surface area contributed by atoms with Gasteiger partial charge in [0.05, 0.1) is 25.2 Å². The van der Waals surface area contributed by atoms with Gasteiger partial charge in [0.25, 0.3) is 5.91 Å². The molecule has 0 aliphatic carbocycles. The summed E-state index contributed by atoms with van der Waals surface area (Å²) in [7, 11) is -2.05. The first-order chi connectivity index (χ1) is 19.8. The van der Waals surface area contributed by atoms with Crippen molar-refractivity contribution < 1.29 is 32.2 Å². The molecule has 0 aromatic heterocycles. The van der Waals surface area contributed by atoms with Crippen molar-refractivity contribution >= 4 is 21.8 Å². The Morgan fingerprint density at radius 2 is 1.56 bits per heavy atom. The number of carbonyl (C=O) groups excluding carboxylic acids is 2. The first-order valence-corrected chi connectivity index (χ1v) is 14.8. The van der Waals surface area contributed by atoms with E-state index < -0.39 is 16.1 Å². The Labute approximate surface area is 240 Å². The van der Waals surface area contributed by atoms with Gasteiger partial charge in [-0.25, -0.2) is 8.42 Å². The van der Waals surface area contributed by atoms with Gasteiger partial charge < -0.3 is 24.4 Å². The van der Waals surface area contributed by atoms with Crippen LogP contribution in [0, 0.1) is 0 Å². The summed E-state index contributed by atoms with van der Waals surface area (Å²) in [4.78, 5) is 28.0. The fraction of sp³-hybridized carbons (Fsp3) is 0.333. The molecule has 0 saturated carbocycles. The van der Waals surface area contributed by atoms with Gasteiger partial charge >= 0.3 is 0 Å². The molecule has 1 heterocycles. The lowest BCUT2D eigenvalue weighted by Gasteiger charge is -2.29. The number of methoxy groups -OCH3 is 1. The Hall–Kier alpha value is -3.93. The van der Waals surface area contributed by atoms with Crippen LogP contribution in [0.15, 0.2) is 83.8 Å². The Morgan fingerprint density at radius 3 is 2.20 bits per heavy atom. The number of hydrogen-bond acceptors (Lipinski definition) is 7. The molecule has 1 aliphatic rings. The number of nitrogens with one attached hydrogen (secondary N) is 1. The molecule has 0 spiro atoms. The molecule has 1 saturated heterocycles. The van der Waals surface area contributed by atoms with E-state index in [1.807, 2.05) is 54.6 Å². The molecular weight excluding hydrogens is 546 g/mol. The van der Waals surface area contributed by atoms with Crippen molar-refractivity contribution in [3.05, 3.63) is 90.0 Å².